The van der Waals surface area contributed by atoms with Gasteiger partial charge < -0.3 is 10.4 Å². The van der Waals surface area contributed by atoms with Crippen LogP contribution in [0.25, 0.3) is 0 Å². The summed E-state index contributed by atoms with van der Waals surface area (Å²) >= 11 is 5.19. The van der Waals surface area contributed by atoms with E-state index in [1.54, 1.807) is 0 Å². The molecular formula is C15H18N2O3S. The number of amides is 1. The van der Waals surface area contributed by atoms with Crippen LogP contribution in [0, 0.1) is 0 Å². The fourth-order valence-corrected chi connectivity index (χ4v) is 2.68. The van der Waals surface area contributed by atoms with Gasteiger partial charge in [0.05, 0.1) is 5.69 Å². The number of nitrogens with one attached hydrogen (secondary N) is 1. The smallest absolute Gasteiger partial charge is 0.303 e. The third kappa shape index (κ3) is 3.58. The Morgan fingerprint density at radius 3 is 2.62 bits per heavy atom. The molecule has 1 unspecified atom stereocenters. The van der Waals surface area contributed by atoms with Gasteiger partial charge in [0, 0.05) is 6.42 Å². The minimum Gasteiger partial charge on any atom is -0.481 e. The lowest BCUT2D eigenvalue weighted by Crippen LogP contribution is -2.31. The van der Waals surface area contributed by atoms with Crippen LogP contribution in [0.3, 0.4) is 0 Å². The van der Waals surface area contributed by atoms with Gasteiger partial charge in [0.1, 0.15) is 6.04 Å². The highest BCUT2D eigenvalue weighted by molar-refractivity contribution is 7.80. The molecule has 1 fully saturated rings. The molecule has 1 atom stereocenters. The fourth-order valence-electron chi connectivity index (χ4n) is 2.34. The molecule has 1 saturated heterocycles. The molecule has 112 valence electrons. The number of hydrogen-bond donors (Lipinski definition) is 2. The van der Waals surface area contributed by atoms with Crippen LogP contribution in [-0.2, 0) is 16.0 Å². The van der Waals surface area contributed by atoms with Crippen LogP contribution in [0.2, 0.25) is 0 Å². The molecule has 1 heterocycles. The van der Waals surface area contributed by atoms with Crippen molar-refractivity contribution in [2.75, 3.05) is 4.90 Å². The van der Waals surface area contributed by atoms with E-state index in [0.29, 0.717) is 5.11 Å². The topological polar surface area (TPSA) is 69.6 Å². The van der Waals surface area contributed by atoms with E-state index in [1.165, 1.54) is 10.5 Å². The van der Waals surface area contributed by atoms with Gasteiger partial charge in [-0.3, -0.25) is 14.5 Å². The van der Waals surface area contributed by atoms with Crippen LogP contribution in [0.4, 0.5) is 5.69 Å². The first-order chi connectivity index (χ1) is 10.0. The molecule has 0 bridgehead atoms. The zero-order chi connectivity index (χ0) is 15.4. The van der Waals surface area contributed by atoms with E-state index in [0.717, 1.165) is 18.5 Å². The number of carbonyl (C=O) groups is 2. The number of carbonyl (C=O) groups excluding carboxylic acids is 1. The number of carboxylic acid groups (broad SMARTS) is 1. The van der Waals surface area contributed by atoms with E-state index in [9.17, 15) is 9.59 Å². The number of aliphatic carboxylic acids is 1. The monoisotopic (exact) mass is 306 g/mol. The molecule has 0 radical (unpaired) electrons. The van der Waals surface area contributed by atoms with Crippen molar-refractivity contribution in [3.05, 3.63) is 29.8 Å². The van der Waals surface area contributed by atoms with Gasteiger partial charge in [0.25, 0.3) is 5.91 Å². The maximum Gasteiger partial charge on any atom is 0.303 e. The number of carboxylic acids is 1. The second kappa shape index (κ2) is 6.67. The third-order valence-corrected chi connectivity index (χ3v) is 3.70. The number of aryl methyl sites for hydroxylation is 1. The molecule has 6 heteroatoms. The fraction of sp³-hybridized carbons (Fsp3) is 0.400. The number of benzene rings is 1. The SMILES string of the molecule is CCCc1ccc(N2C(=O)C(CCC(=O)O)NC2=S)cc1. The van der Waals surface area contributed by atoms with E-state index in [2.05, 4.69) is 12.2 Å². The molecule has 0 saturated carbocycles. The number of rotatable bonds is 6. The standard InChI is InChI=1S/C15H18N2O3S/c1-2-3-10-4-6-11(7-5-10)17-14(20)12(16-15(17)21)8-9-13(18)19/h4-7,12H,2-3,8-9H2,1H3,(H,16,21)(H,18,19). The summed E-state index contributed by atoms with van der Waals surface area (Å²) in [5.74, 6) is -1.11. The number of thiocarbonyl (C=S) groups is 1. The normalized spacial score (nSPS) is 18.0. The summed E-state index contributed by atoms with van der Waals surface area (Å²) in [6.07, 6.45) is 2.24. The lowest BCUT2D eigenvalue weighted by Gasteiger charge is -2.15. The largest absolute Gasteiger partial charge is 0.481 e. The lowest BCUT2D eigenvalue weighted by molar-refractivity contribution is -0.137. The average molecular weight is 306 g/mol. The molecule has 0 aliphatic carbocycles. The van der Waals surface area contributed by atoms with Crippen LogP contribution in [0.15, 0.2) is 24.3 Å². The highest BCUT2D eigenvalue weighted by Crippen LogP contribution is 2.22. The average Bonchev–Trinajstić information content (AvgIpc) is 2.73. The maximum atomic E-state index is 12.3. The Labute approximate surface area is 128 Å². The molecule has 0 spiro atoms. The molecular weight excluding hydrogens is 288 g/mol. The number of hydrogen-bond acceptors (Lipinski definition) is 3. The Balaban J connectivity index is 2.10. The molecule has 1 amide bonds. The minimum atomic E-state index is -0.919. The summed E-state index contributed by atoms with van der Waals surface area (Å²) in [6, 6.07) is 7.16. The van der Waals surface area contributed by atoms with E-state index in [4.69, 9.17) is 17.3 Å². The Hall–Kier alpha value is -1.95. The maximum absolute atomic E-state index is 12.3. The van der Waals surface area contributed by atoms with E-state index < -0.39 is 12.0 Å². The van der Waals surface area contributed by atoms with Crippen molar-refractivity contribution >= 4 is 34.9 Å². The number of nitrogens with zero attached hydrogens (tertiary/aromatic N) is 1. The molecule has 1 aromatic rings. The van der Waals surface area contributed by atoms with E-state index >= 15 is 0 Å². The second-order valence-electron chi connectivity index (χ2n) is 5.02. The van der Waals surface area contributed by atoms with Crippen LogP contribution < -0.4 is 10.2 Å². The van der Waals surface area contributed by atoms with Crippen molar-refractivity contribution in [2.24, 2.45) is 0 Å². The highest BCUT2D eigenvalue weighted by atomic mass is 32.1. The van der Waals surface area contributed by atoms with Gasteiger partial charge in [0.2, 0.25) is 0 Å². The van der Waals surface area contributed by atoms with Crippen molar-refractivity contribution in [1.29, 1.82) is 0 Å². The van der Waals surface area contributed by atoms with Gasteiger partial charge in [-0.05, 0) is 42.8 Å². The zero-order valence-electron chi connectivity index (χ0n) is 11.8. The van der Waals surface area contributed by atoms with Crippen molar-refractivity contribution < 1.29 is 14.7 Å². The summed E-state index contributed by atoms with van der Waals surface area (Å²) in [4.78, 5) is 24.4. The summed E-state index contributed by atoms with van der Waals surface area (Å²) in [6.45, 7) is 2.12. The Bertz CT molecular complexity index is 557. The van der Waals surface area contributed by atoms with Crippen molar-refractivity contribution in [2.45, 2.75) is 38.6 Å². The third-order valence-electron chi connectivity index (χ3n) is 3.40. The van der Waals surface area contributed by atoms with Crippen LogP contribution in [0.5, 0.6) is 0 Å². The Morgan fingerprint density at radius 2 is 2.05 bits per heavy atom. The van der Waals surface area contributed by atoms with Gasteiger partial charge in [-0.1, -0.05) is 25.5 Å². The second-order valence-corrected chi connectivity index (χ2v) is 5.41. The molecule has 1 aliphatic heterocycles. The van der Waals surface area contributed by atoms with E-state index in [-0.39, 0.29) is 18.7 Å². The van der Waals surface area contributed by atoms with Crippen LogP contribution >= 0.6 is 12.2 Å². The van der Waals surface area contributed by atoms with Crippen molar-refractivity contribution in [3.8, 4) is 0 Å². The Morgan fingerprint density at radius 1 is 1.38 bits per heavy atom. The predicted octanol–water partition coefficient (Wildman–Crippen LogP) is 2.09. The van der Waals surface area contributed by atoms with Gasteiger partial charge in [-0.2, -0.15) is 0 Å². The predicted molar refractivity (Wildman–Crippen MR) is 84.3 cm³/mol. The van der Waals surface area contributed by atoms with Crippen molar-refractivity contribution in [3.63, 3.8) is 0 Å². The highest BCUT2D eigenvalue weighted by Gasteiger charge is 2.36. The van der Waals surface area contributed by atoms with E-state index in [1.807, 2.05) is 24.3 Å². The summed E-state index contributed by atoms with van der Waals surface area (Å²) in [5.41, 5.74) is 1.93. The zero-order valence-corrected chi connectivity index (χ0v) is 12.7. The van der Waals surface area contributed by atoms with Crippen LogP contribution in [0.1, 0.15) is 31.7 Å². The molecule has 21 heavy (non-hydrogen) atoms. The molecule has 2 rings (SSSR count). The Kier molecular flexibility index (Phi) is 4.90. The molecule has 1 aliphatic rings. The van der Waals surface area contributed by atoms with Gasteiger partial charge >= 0.3 is 5.97 Å². The first-order valence-corrected chi connectivity index (χ1v) is 7.39. The lowest BCUT2D eigenvalue weighted by atomic mass is 10.1. The number of anilines is 1. The molecule has 5 nitrogen and oxygen atoms in total. The first-order valence-electron chi connectivity index (χ1n) is 6.98. The molecule has 1 aromatic carbocycles. The first kappa shape index (κ1) is 15.4. The quantitative estimate of drug-likeness (QED) is 0.788. The molecule has 0 aromatic heterocycles. The van der Waals surface area contributed by atoms with Gasteiger partial charge in [-0.15, -0.1) is 0 Å². The van der Waals surface area contributed by atoms with Crippen molar-refractivity contribution in [1.82, 2.24) is 5.32 Å². The molecule has 2 N–H and O–H groups in total. The van der Waals surface area contributed by atoms with Crippen LogP contribution in [-0.4, -0.2) is 28.1 Å². The van der Waals surface area contributed by atoms with Gasteiger partial charge in [0.15, 0.2) is 5.11 Å². The summed E-state index contributed by atoms with van der Waals surface area (Å²) < 4.78 is 0. The summed E-state index contributed by atoms with van der Waals surface area (Å²) in [5, 5.41) is 11.9. The summed E-state index contributed by atoms with van der Waals surface area (Å²) in [7, 11) is 0. The minimum absolute atomic E-state index is 0.0602. The van der Waals surface area contributed by atoms with Gasteiger partial charge in [-0.25, -0.2) is 0 Å².